The average Bonchev–Trinajstić information content (AvgIpc) is 1.65. The van der Waals surface area contributed by atoms with Crippen molar-refractivity contribution < 1.29 is 43.0 Å². The molecule has 3 N–H and O–H groups in total. The molecule has 1 saturated carbocycles. The van der Waals surface area contributed by atoms with Crippen LogP contribution < -0.4 is 16.4 Å². The van der Waals surface area contributed by atoms with Crippen molar-refractivity contribution in [1.82, 2.24) is 39.8 Å². The van der Waals surface area contributed by atoms with Crippen LogP contribution in [0.15, 0.2) is 234 Å². The number of ketones is 1. The van der Waals surface area contributed by atoms with Crippen LogP contribution in [0.4, 0.5) is 0 Å². The Labute approximate surface area is 728 Å². The molecule has 6 heterocycles. The molecular formula is C104H130N8O11. The number of ether oxygens (including phenoxy) is 2. The minimum Gasteiger partial charge on any atom is -0.469 e. The molecule has 19 heteroatoms. The number of methoxy groups -OCH3 is 2. The molecule has 5 fully saturated rings. The molecule has 2 aromatic heterocycles. The summed E-state index contributed by atoms with van der Waals surface area (Å²) in [4.78, 5) is 126. The number of Topliss-reactive ketones (excluding diaryl/α,β-unsaturated/α-hetero) is 1. The Morgan fingerprint density at radius 1 is 0.455 bits per heavy atom. The highest BCUT2D eigenvalue weighted by Crippen LogP contribution is 2.40. The van der Waals surface area contributed by atoms with Gasteiger partial charge in [0.05, 0.1) is 43.2 Å². The molecule has 5 aliphatic rings. The van der Waals surface area contributed by atoms with Crippen LogP contribution in [0, 0.1) is 86.9 Å². The zero-order valence-corrected chi connectivity index (χ0v) is 74.8. The van der Waals surface area contributed by atoms with Crippen molar-refractivity contribution in [3.8, 4) is 0 Å². The number of carbonyl (C=O) groups is 7. The van der Waals surface area contributed by atoms with Gasteiger partial charge < -0.3 is 49.2 Å². The van der Waals surface area contributed by atoms with E-state index >= 15 is 0 Å². The second kappa shape index (κ2) is 45.4. The van der Waals surface area contributed by atoms with Gasteiger partial charge in [0.1, 0.15) is 12.1 Å². The largest absolute Gasteiger partial charge is 0.469 e. The quantitative estimate of drug-likeness (QED) is 0.0338. The van der Waals surface area contributed by atoms with Crippen molar-refractivity contribution in [3.05, 3.63) is 318 Å². The molecule has 7 aromatic carbocycles. The molecule has 1 aliphatic carbocycles. The number of aromatic amines is 2. The number of nitrogens with one attached hydrogen (secondary N) is 3. The lowest BCUT2D eigenvalue weighted by atomic mass is 9.88. The molecule has 9 aromatic rings. The number of hydrogen-bond acceptors (Lipinski definition) is 14. The van der Waals surface area contributed by atoms with E-state index in [1.54, 1.807) is 6.92 Å². The minimum atomic E-state index is -0.308. The van der Waals surface area contributed by atoms with E-state index in [9.17, 15) is 43.2 Å². The van der Waals surface area contributed by atoms with Crippen molar-refractivity contribution in [2.75, 3.05) is 79.7 Å². The third kappa shape index (κ3) is 25.4. The monoisotopic (exact) mass is 1670 g/mol. The molecule has 652 valence electrons. The van der Waals surface area contributed by atoms with Crippen LogP contribution in [0.1, 0.15) is 200 Å². The molecule has 19 nitrogen and oxygen atoms in total. The number of pyridine rings is 2. The number of aldehydes is 1. The standard InChI is InChI=1S/C30H38N4O4.C26H29NO2.C25H33N3O2.C12H16O2.C11H14O/c1-18-11-26(36)31-20(3)27(18)30(38)34-16-23-14-33(15-24(23)17-34)13-19(2)28(21-7-5-4-6-8-21)32-29(37)22-9-10-25(35)12-22;1-20(26(28)29-3)25(24-17-11-6-12-18-24)27(19-22-13-7-4-8-14-22)21(2)23-15-9-5-10-16-23;1-16-10-23(29)26-19(4)24(16)25(30)28-14-21-12-27(13-22(21)15-28)11-17(2)18(3)20-8-6-5-7-9-20;1-9(10(2)12(13)14-3)11-7-5-4-6-8-11;1-9(8-12)10(2)11-6-4-3-5-7-11/h4-8,11,19,22-24,28H,9-10,12-17H2,1-3H3,(H,31,36)(H,32,37);4-18,20-21,25H,19H2,1-3H3;5-10,17-18,21-22H,11-15H2,1-4H3,(H,26,29);4-10H,1-3H3;3-10H,1-2H3/t19?,22?,23?,24?,28-;20?,21-,25?;17?,18-,21?,22?;9-,10?;9?,10-/m00000/s1. The number of rotatable bonds is 26. The van der Waals surface area contributed by atoms with Gasteiger partial charge in [-0.15, -0.1) is 0 Å². The summed E-state index contributed by atoms with van der Waals surface area (Å²) in [6.07, 6.45) is 2.51. The summed E-state index contributed by atoms with van der Waals surface area (Å²) < 4.78 is 9.85. The first-order chi connectivity index (χ1) is 59.0. The van der Waals surface area contributed by atoms with Crippen LogP contribution in [0.25, 0.3) is 0 Å². The third-order valence-corrected chi connectivity index (χ3v) is 26.4. The van der Waals surface area contributed by atoms with Crippen LogP contribution in [0.3, 0.4) is 0 Å². The lowest BCUT2D eigenvalue weighted by Crippen LogP contribution is -2.41. The van der Waals surface area contributed by atoms with Crippen LogP contribution in [-0.2, 0) is 40.0 Å². The smallest absolute Gasteiger partial charge is 0.310 e. The first-order valence-electron chi connectivity index (χ1n) is 44.0. The van der Waals surface area contributed by atoms with Crippen LogP contribution in [0.2, 0.25) is 0 Å². The predicted octanol–water partition coefficient (Wildman–Crippen LogP) is 17.3. The van der Waals surface area contributed by atoms with E-state index in [4.69, 9.17) is 9.47 Å². The van der Waals surface area contributed by atoms with Crippen LogP contribution in [0.5, 0.6) is 0 Å². The second-order valence-electron chi connectivity index (χ2n) is 35.2. The fraction of sp³-hybridized carbons (Fsp3) is 0.433. The molecule has 11 unspecified atom stereocenters. The molecule has 0 bridgehead atoms. The van der Waals surface area contributed by atoms with Crippen molar-refractivity contribution in [2.45, 2.75) is 152 Å². The van der Waals surface area contributed by atoms with Gasteiger partial charge in [-0.05, 0) is 144 Å². The van der Waals surface area contributed by atoms with Crippen molar-refractivity contribution in [2.24, 2.45) is 59.2 Å². The van der Waals surface area contributed by atoms with E-state index in [1.165, 1.54) is 54.2 Å². The number of amides is 3. The second-order valence-corrected chi connectivity index (χ2v) is 35.2. The molecule has 4 saturated heterocycles. The number of fused-ring (bicyclic) bond motifs is 2. The first-order valence-corrected chi connectivity index (χ1v) is 44.0. The molecule has 3 amide bonds. The number of aryl methyl sites for hydroxylation is 4. The molecule has 16 atom stereocenters. The maximum Gasteiger partial charge on any atom is 0.310 e. The summed E-state index contributed by atoms with van der Waals surface area (Å²) in [5, 5.41) is 3.28. The van der Waals surface area contributed by atoms with Gasteiger partial charge in [0.2, 0.25) is 17.0 Å². The van der Waals surface area contributed by atoms with E-state index in [2.05, 4.69) is 180 Å². The van der Waals surface area contributed by atoms with Gasteiger partial charge >= 0.3 is 11.9 Å². The molecule has 4 aliphatic heterocycles. The Kier molecular flexibility index (Phi) is 34.8. The Morgan fingerprint density at radius 2 is 0.821 bits per heavy atom. The summed E-state index contributed by atoms with van der Waals surface area (Å²) in [5.74, 6) is 3.14. The highest BCUT2D eigenvalue weighted by Gasteiger charge is 2.45. The highest BCUT2D eigenvalue weighted by molar-refractivity contribution is 5.97. The zero-order valence-electron chi connectivity index (χ0n) is 74.8. The maximum absolute atomic E-state index is 13.3. The van der Waals surface area contributed by atoms with E-state index < -0.39 is 0 Å². The fourth-order valence-electron chi connectivity index (χ4n) is 18.7. The third-order valence-electron chi connectivity index (χ3n) is 26.4. The number of likely N-dealkylation sites (tertiary alicyclic amines) is 4. The first kappa shape index (κ1) is 94.3. The number of aromatic nitrogens is 2. The number of hydrogen-bond donors (Lipinski definition) is 3. The summed E-state index contributed by atoms with van der Waals surface area (Å²) in [6, 6.07) is 75.0. The van der Waals surface area contributed by atoms with Gasteiger partial charge in [0, 0.05) is 132 Å². The summed E-state index contributed by atoms with van der Waals surface area (Å²) in [6.45, 7) is 36.0. The number of nitrogens with zero attached hydrogens (tertiary/aromatic N) is 5. The lowest BCUT2D eigenvalue weighted by molar-refractivity contribution is -0.148. The van der Waals surface area contributed by atoms with Crippen molar-refractivity contribution >= 4 is 41.7 Å². The van der Waals surface area contributed by atoms with Crippen LogP contribution in [-0.4, -0.2) is 156 Å². The maximum atomic E-state index is 13.3. The SMILES string of the molecule is CC(C=O)[C@H](C)c1ccccc1.COC(=O)C(C)C(c1ccccc1)N(Cc1ccccc1)[C@@H](C)c1ccccc1.COC(=O)C(C)[C@H](C)c1ccccc1.Cc1cc(=O)[nH]c(C)c1C(=O)N1CC2CN(CC(C)[C@H](C)c3ccccc3)CC2C1.Cc1cc(=O)[nH]c(C)c1C(=O)N1CC2CN(CC(C)[C@H](NC(=O)C3CCC(=O)C3)c3ccccc3)CC2C1. The van der Waals surface area contributed by atoms with Gasteiger partial charge in [-0.3, -0.25) is 43.3 Å². The molecular weight excluding hydrogens is 1540 g/mol. The lowest BCUT2D eigenvalue weighted by Gasteiger charge is -2.39. The summed E-state index contributed by atoms with van der Waals surface area (Å²) >= 11 is 0. The Balaban J connectivity index is 0.000000170. The predicted molar refractivity (Wildman–Crippen MR) is 488 cm³/mol. The topological polar surface area (TPSA) is 232 Å². The average molecular weight is 1670 g/mol. The Hall–Kier alpha value is -11.0. The van der Waals surface area contributed by atoms with Gasteiger partial charge in [0.25, 0.3) is 11.8 Å². The fourth-order valence-corrected chi connectivity index (χ4v) is 18.7. The highest BCUT2D eigenvalue weighted by atomic mass is 16.5. The van der Waals surface area contributed by atoms with Gasteiger partial charge in [-0.1, -0.05) is 268 Å². The summed E-state index contributed by atoms with van der Waals surface area (Å²) in [5.41, 5.74) is 12.2. The minimum absolute atomic E-state index is 0.00261. The van der Waals surface area contributed by atoms with Crippen LogP contribution >= 0.6 is 0 Å². The molecule has 0 spiro atoms. The summed E-state index contributed by atoms with van der Waals surface area (Å²) in [7, 11) is 2.89. The number of esters is 2. The van der Waals surface area contributed by atoms with Gasteiger partial charge in [-0.2, -0.15) is 0 Å². The Bertz CT molecular complexity index is 4940. The van der Waals surface area contributed by atoms with Gasteiger partial charge in [0.15, 0.2) is 0 Å². The van der Waals surface area contributed by atoms with E-state index in [-0.39, 0.29) is 100 Å². The van der Waals surface area contributed by atoms with Crippen molar-refractivity contribution in [1.29, 1.82) is 0 Å². The molecule has 123 heavy (non-hydrogen) atoms. The number of carbonyl (C=O) groups excluding carboxylic acids is 7. The normalized spacial score (nSPS) is 19.9. The van der Waals surface area contributed by atoms with E-state index in [1.807, 2.05) is 155 Å². The number of benzene rings is 7. The van der Waals surface area contributed by atoms with Crippen molar-refractivity contribution in [3.63, 3.8) is 0 Å². The zero-order chi connectivity index (χ0) is 88.6. The number of H-pyrrole nitrogens is 2. The van der Waals surface area contributed by atoms with E-state index in [0.717, 1.165) is 101 Å². The van der Waals surface area contributed by atoms with E-state index in [0.29, 0.717) is 83.2 Å². The Morgan fingerprint density at radius 3 is 1.21 bits per heavy atom. The molecule has 14 rings (SSSR count). The molecule has 0 radical (unpaired) electrons. The van der Waals surface area contributed by atoms with Gasteiger partial charge in [-0.25, -0.2) is 0 Å².